The van der Waals surface area contributed by atoms with Gasteiger partial charge in [0.1, 0.15) is 0 Å². The standard InChI is InChI=1S/C28H43NO3/c1-5-6-7-8-9-16-22-27(28(30-2,31-3)32-4,23-21-25-17-12-10-13-18-25)24-29-26-19-14-11-15-20-26/h10-15,17-20,29H,5-9,16,21-24H2,1-4H3. The second-order valence-electron chi connectivity index (χ2n) is 8.67. The van der Waals surface area contributed by atoms with Gasteiger partial charge in [-0.1, -0.05) is 94.0 Å². The maximum absolute atomic E-state index is 5.99. The van der Waals surface area contributed by atoms with E-state index in [1.54, 1.807) is 21.3 Å². The Morgan fingerprint density at radius 2 is 1.25 bits per heavy atom. The summed E-state index contributed by atoms with van der Waals surface area (Å²) in [6.07, 6.45) is 10.3. The Bertz CT molecular complexity index is 664. The van der Waals surface area contributed by atoms with Gasteiger partial charge in [-0.15, -0.1) is 0 Å². The van der Waals surface area contributed by atoms with Gasteiger partial charge in [0.15, 0.2) is 0 Å². The van der Waals surface area contributed by atoms with Crippen LogP contribution in [0.2, 0.25) is 0 Å². The number of ether oxygens (including phenoxy) is 3. The molecule has 0 heterocycles. The highest BCUT2D eigenvalue weighted by Crippen LogP contribution is 2.45. The molecule has 0 amide bonds. The van der Waals surface area contributed by atoms with Crippen molar-refractivity contribution in [2.45, 2.75) is 70.7 Å². The third-order valence-electron chi connectivity index (χ3n) is 6.60. The molecule has 0 aliphatic carbocycles. The van der Waals surface area contributed by atoms with E-state index in [9.17, 15) is 0 Å². The maximum Gasteiger partial charge on any atom is 0.289 e. The number of methoxy groups -OCH3 is 3. The average molecular weight is 442 g/mol. The molecule has 0 radical (unpaired) electrons. The number of nitrogens with one attached hydrogen (secondary N) is 1. The third kappa shape index (κ3) is 7.33. The molecule has 4 heteroatoms. The number of para-hydroxylation sites is 1. The molecule has 0 bridgehead atoms. The van der Waals surface area contributed by atoms with E-state index >= 15 is 0 Å². The largest absolute Gasteiger partial charge is 0.384 e. The lowest BCUT2D eigenvalue weighted by atomic mass is 9.74. The zero-order chi connectivity index (χ0) is 23.1. The zero-order valence-electron chi connectivity index (χ0n) is 20.6. The van der Waals surface area contributed by atoms with Crippen LogP contribution in [0, 0.1) is 5.41 Å². The molecule has 178 valence electrons. The summed E-state index contributed by atoms with van der Waals surface area (Å²) in [6, 6.07) is 21.0. The molecule has 0 aliphatic rings. The van der Waals surface area contributed by atoms with E-state index in [2.05, 4.69) is 66.8 Å². The Kier molecular flexibility index (Phi) is 11.8. The lowest BCUT2D eigenvalue weighted by Crippen LogP contribution is -2.56. The van der Waals surface area contributed by atoms with Crippen LogP contribution in [0.3, 0.4) is 0 Å². The van der Waals surface area contributed by atoms with Gasteiger partial charge in [-0.25, -0.2) is 0 Å². The Balaban J connectivity index is 2.27. The molecule has 1 unspecified atom stereocenters. The number of hydrogen-bond acceptors (Lipinski definition) is 4. The van der Waals surface area contributed by atoms with E-state index in [0.717, 1.165) is 31.4 Å². The average Bonchev–Trinajstić information content (AvgIpc) is 2.86. The summed E-state index contributed by atoms with van der Waals surface area (Å²) in [5.41, 5.74) is 2.05. The van der Waals surface area contributed by atoms with Gasteiger partial charge >= 0.3 is 0 Å². The molecule has 0 saturated heterocycles. The molecule has 0 fully saturated rings. The highest BCUT2D eigenvalue weighted by molar-refractivity contribution is 5.42. The van der Waals surface area contributed by atoms with Crippen molar-refractivity contribution in [3.63, 3.8) is 0 Å². The minimum atomic E-state index is -1.12. The molecule has 0 aromatic heterocycles. The fourth-order valence-corrected chi connectivity index (χ4v) is 4.72. The number of anilines is 1. The van der Waals surface area contributed by atoms with Crippen LogP contribution in [0.5, 0.6) is 0 Å². The SMILES string of the molecule is CCCCCCCCC(CCc1ccccc1)(CNc1ccccc1)C(OC)(OC)OC. The van der Waals surface area contributed by atoms with Crippen LogP contribution >= 0.6 is 0 Å². The number of rotatable bonds is 17. The number of benzene rings is 2. The molecule has 32 heavy (non-hydrogen) atoms. The van der Waals surface area contributed by atoms with E-state index in [1.165, 1.54) is 37.7 Å². The molecule has 0 aliphatic heterocycles. The van der Waals surface area contributed by atoms with Gasteiger partial charge in [0.2, 0.25) is 0 Å². The molecule has 1 N–H and O–H groups in total. The second-order valence-corrected chi connectivity index (χ2v) is 8.67. The van der Waals surface area contributed by atoms with E-state index in [1.807, 2.05) is 6.07 Å². The van der Waals surface area contributed by atoms with Gasteiger partial charge in [-0.05, 0) is 37.0 Å². The van der Waals surface area contributed by atoms with E-state index in [-0.39, 0.29) is 5.41 Å². The second kappa shape index (κ2) is 14.3. The van der Waals surface area contributed by atoms with Crippen LogP contribution in [0.25, 0.3) is 0 Å². The van der Waals surface area contributed by atoms with Crippen LogP contribution in [0.15, 0.2) is 60.7 Å². The first-order chi connectivity index (χ1) is 15.6. The Morgan fingerprint density at radius 3 is 1.84 bits per heavy atom. The highest BCUT2D eigenvalue weighted by atomic mass is 16.9. The normalized spacial score (nSPS) is 13.6. The molecule has 0 spiro atoms. The minimum absolute atomic E-state index is 0.359. The van der Waals surface area contributed by atoms with Crippen molar-refractivity contribution in [2.24, 2.45) is 5.41 Å². The summed E-state index contributed by atoms with van der Waals surface area (Å²) in [5, 5.41) is 3.65. The van der Waals surface area contributed by atoms with Gasteiger partial charge in [0.05, 0.1) is 5.41 Å². The van der Waals surface area contributed by atoms with Crippen molar-refractivity contribution >= 4 is 5.69 Å². The molecule has 2 aromatic carbocycles. The van der Waals surface area contributed by atoms with Gasteiger partial charge < -0.3 is 19.5 Å². The predicted octanol–water partition coefficient (Wildman–Crippen LogP) is 7.06. The van der Waals surface area contributed by atoms with Crippen molar-refractivity contribution in [3.8, 4) is 0 Å². The fraction of sp³-hybridized carbons (Fsp3) is 0.571. The van der Waals surface area contributed by atoms with Gasteiger partial charge in [-0.2, -0.15) is 0 Å². The van der Waals surface area contributed by atoms with Gasteiger partial charge in [0.25, 0.3) is 5.97 Å². The summed E-state index contributed by atoms with van der Waals surface area (Å²) in [7, 11) is 5.07. The summed E-state index contributed by atoms with van der Waals surface area (Å²) in [5.74, 6) is -1.12. The van der Waals surface area contributed by atoms with E-state index < -0.39 is 5.97 Å². The summed E-state index contributed by atoms with van der Waals surface area (Å²) in [6.45, 7) is 2.96. The van der Waals surface area contributed by atoms with Crippen LogP contribution in [0.1, 0.15) is 63.9 Å². The van der Waals surface area contributed by atoms with Crippen LogP contribution in [0.4, 0.5) is 5.69 Å². The molecule has 4 nitrogen and oxygen atoms in total. The fourth-order valence-electron chi connectivity index (χ4n) is 4.72. The zero-order valence-corrected chi connectivity index (χ0v) is 20.6. The summed E-state index contributed by atoms with van der Waals surface area (Å²) >= 11 is 0. The quantitative estimate of drug-likeness (QED) is 0.211. The molecular weight excluding hydrogens is 398 g/mol. The van der Waals surface area contributed by atoms with Crippen molar-refractivity contribution in [1.82, 2.24) is 0 Å². The van der Waals surface area contributed by atoms with Crippen molar-refractivity contribution in [3.05, 3.63) is 66.2 Å². The van der Waals surface area contributed by atoms with Gasteiger partial charge in [0, 0.05) is 33.6 Å². The molecule has 2 aromatic rings. The Morgan fingerprint density at radius 1 is 0.688 bits per heavy atom. The predicted molar refractivity (Wildman–Crippen MR) is 134 cm³/mol. The van der Waals surface area contributed by atoms with Gasteiger partial charge in [-0.3, -0.25) is 0 Å². The first-order valence-corrected chi connectivity index (χ1v) is 12.1. The van der Waals surface area contributed by atoms with E-state index in [4.69, 9.17) is 14.2 Å². The van der Waals surface area contributed by atoms with Crippen molar-refractivity contribution in [1.29, 1.82) is 0 Å². The molecule has 2 rings (SSSR count). The first-order valence-electron chi connectivity index (χ1n) is 12.1. The molecular formula is C28H43NO3. The first kappa shape index (κ1) is 26.4. The lowest BCUT2D eigenvalue weighted by molar-refractivity contribution is -0.407. The third-order valence-corrected chi connectivity index (χ3v) is 6.60. The number of aryl methyl sites for hydroxylation is 1. The number of hydrogen-bond donors (Lipinski definition) is 1. The smallest absolute Gasteiger partial charge is 0.289 e. The topological polar surface area (TPSA) is 39.7 Å². The molecule has 1 atom stereocenters. The van der Waals surface area contributed by atoms with Crippen LogP contribution < -0.4 is 5.32 Å². The Labute approximate surface area is 195 Å². The molecule has 0 saturated carbocycles. The van der Waals surface area contributed by atoms with Crippen LogP contribution in [-0.4, -0.2) is 33.8 Å². The minimum Gasteiger partial charge on any atom is -0.384 e. The maximum atomic E-state index is 5.99. The van der Waals surface area contributed by atoms with E-state index in [0.29, 0.717) is 6.54 Å². The van der Waals surface area contributed by atoms with Crippen LogP contribution in [-0.2, 0) is 20.6 Å². The van der Waals surface area contributed by atoms with Crippen molar-refractivity contribution < 1.29 is 14.2 Å². The summed E-state index contributed by atoms with van der Waals surface area (Å²) < 4.78 is 18.0. The summed E-state index contributed by atoms with van der Waals surface area (Å²) in [4.78, 5) is 0. The lowest BCUT2D eigenvalue weighted by Gasteiger charge is -2.47. The Hall–Kier alpha value is -1.88. The number of unbranched alkanes of at least 4 members (excludes halogenated alkanes) is 5. The highest BCUT2D eigenvalue weighted by Gasteiger charge is 2.53. The van der Waals surface area contributed by atoms with Crippen molar-refractivity contribution in [2.75, 3.05) is 33.2 Å². The monoisotopic (exact) mass is 441 g/mol.